The summed E-state index contributed by atoms with van der Waals surface area (Å²) >= 11 is 12.2. The molecule has 1 atom stereocenters. The molecule has 2 aromatic carbocycles. The highest BCUT2D eigenvalue weighted by atomic mass is 35.5. The van der Waals surface area contributed by atoms with Crippen molar-refractivity contribution < 1.29 is 14.1 Å². The van der Waals surface area contributed by atoms with Gasteiger partial charge in [-0.3, -0.25) is 14.5 Å². The van der Waals surface area contributed by atoms with Gasteiger partial charge in [-0.25, -0.2) is 0 Å². The number of nitrogens with one attached hydrogen (secondary N) is 1. The Labute approximate surface area is 220 Å². The first kappa shape index (κ1) is 26.1. The molecule has 1 fully saturated rings. The predicted molar refractivity (Wildman–Crippen MR) is 140 cm³/mol. The first-order valence-electron chi connectivity index (χ1n) is 12.1. The minimum atomic E-state index is -0.219. The van der Waals surface area contributed by atoms with Crippen LogP contribution in [0.4, 0.5) is 5.69 Å². The third-order valence-electron chi connectivity index (χ3n) is 6.34. The highest BCUT2D eigenvalue weighted by Crippen LogP contribution is 2.29. The molecule has 36 heavy (non-hydrogen) atoms. The predicted octanol–water partition coefficient (Wildman–Crippen LogP) is 5.38. The van der Waals surface area contributed by atoms with Crippen LogP contribution in [0.5, 0.6) is 0 Å². The number of likely N-dealkylation sites (tertiary alicyclic amines) is 1. The van der Waals surface area contributed by atoms with E-state index in [1.165, 1.54) is 0 Å². The monoisotopic (exact) mass is 529 g/mol. The van der Waals surface area contributed by atoms with E-state index < -0.39 is 0 Å². The fourth-order valence-corrected chi connectivity index (χ4v) is 4.89. The average molecular weight is 530 g/mol. The van der Waals surface area contributed by atoms with E-state index in [9.17, 15) is 9.59 Å². The zero-order chi connectivity index (χ0) is 25.7. The fraction of sp³-hybridized carbons (Fsp3) is 0.385. The number of aromatic nitrogens is 2. The maximum atomic E-state index is 13.2. The number of benzene rings is 2. The second-order valence-electron chi connectivity index (χ2n) is 8.72. The van der Waals surface area contributed by atoms with Crippen molar-refractivity contribution in [1.29, 1.82) is 0 Å². The summed E-state index contributed by atoms with van der Waals surface area (Å²) < 4.78 is 5.45. The number of halogens is 2. The van der Waals surface area contributed by atoms with E-state index in [1.807, 2.05) is 26.0 Å². The Kier molecular flexibility index (Phi) is 8.61. The zero-order valence-corrected chi connectivity index (χ0v) is 21.8. The Morgan fingerprint density at radius 1 is 1.17 bits per heavy atom. The van der Waals surface area contributed by atoms with Crippen molar-refractivity contribution in [3.8, 4) is 11.4 Å². The number of anilines is 1. The number of para-hydroxylation sites is 1. The molecule has 4 rings (SSSR count). The van der Waals surface area contributed by atoms with Gasteiger partial charge in [-0.05, 0) is 63.6 Å². The van der Waals surface area contributed by atoms with Gasteiger partial charge in [0.05, 0.1) is 28.7 Å². The molecule has 1 aliphatic rings. The molecule has 1 unspecified atom stereocenters. The lowest BCUT2D eigenvalue weighted by molar-refractivity contribution is -0.121. The topological polar surface area (TPSA) is 91.6 Å². The third kappa shape index (κ3) is 6.06. The first-order valence-corrected chi connectivity index (χ1v) is 12.8. The van der Waals surface area contributed by atoms with Crippen LogP contribution in [-0.2, 0) is 11.3 Å². The van der Waals surface area contributed by atoms with Crippen molar-refractivity contribution in [2.45, 2.75) is 33.2 Å². The summed E-state index contributed by atoms with van der Waals surface area (Å²) in [7, 11) is 0. The number of carbonyl (C=O) groups is 2. The second-order valence-corrected chi connectivity index (χ2v) is 9.57. The molecule has 0 saturated carbocycles. The van der Waals surface area contributed by atoms with E-state index >= 15 is 0 Å². The number of hydrogen-bond acceptors (Lipinski definition) is 6. The molecule has 10 heteroatoms. The van der Waals surface area contributed by atoms with Gasteiger partial charge in [-0.15, -0.1) is 0 Å². The van der Waals surface area contributed by atoms with Gasteiger partial charge in [-0.1, -0.05) is 40.5 Å². The quantitative estimate of drug-likeness (QED) is 0.421. The van der Waals surface area contributed by atoms with Gasteiger partial charge >= 0.3 is 0 Å². The highest BCUT2D eigenvalue weighted by Gasteiger charge is 2.28. The van der Waals surface area contributed by atoms with Crippen LogP contribution < -0.4 is 5.32 Å². The molecule has 0 spiro atoms. The van der Waals surface area contributed by atoms with Crippen molar-refractivity contribution in [1.82, 2.24) is 19.9 Å². The molecule has 1 aromatic heterocycles. The first-order chi connectivity index (χ1) is 17.4. The summed E-state index contributed by atoms with van der Waals surface area (Å²) in [6.45, 7) is 6.90. The van der Waals surface area contributed by atoms with E-state index in [-0.39, 0.29) is 17.7 Å². The van der Waals surface area contributed by atoms with Crippen LogP contribution in [0.2, 0.25) is 10.0 Å². The molecule has 190 valence electrons. The molecule has 0 radical (unpaired) electrons. The third-order valence-corrected chi connectivity index (χ3v) is 6.89. The highest BCUT2D eigenvalue weighted by molar-refractivity contribution is 6.36. The summed E-state index contributed by atoms with van der Waals surface area (Å²) in [5, 5.41) is 8.03. The molecule has 1 saturated heterocycles. The van der Waals surface area contributed by atoms with E-state index in [2.05, 4.69) is 20.4 Å². The number of piperidine rings is 1. The van der Waals surface area contributed by atoms with Crippen LogP contribution in [0.1, 0.15) is 42.9 Å². The summed E-state index contributed by atoms with van der Waals surface area (Å²) in [6.07, 6.45) is 1.63. The van der Waals surface area contributed by atoms with Crippen molar-refractivity contribution >= 4 is 40.7 Å². The van der Waals surface area contributed by atoms with E-state index in [0.717, 1.165) is 19.4 Å². The molecule has 2 heterocycles. The number of amides is 2. The van der Waals surface area contributed by atoms with Crippen LogP contribution in [-0.4, -0.2) is 57.9 Å². The number of rotatable bonds is 8. The summed E-state index contributed by atoms with van der Waals surface area (Å²) in [6, 6.07) is 12.3. The number of carbonyl (C=O) groups excluding carboxylic acids is 2. The van der Waals surface area contributed by atoms with E-state index in [1.54, 1.807) is 35.2 Å². The van der Waals surface area contributed by atoms with Crippen molar-refractivity contribution in [2.24, 2.45) is 5.92 Å². The van der Waals surface area contributed by atoms with Gasteiger partial charge in [0.1, 0.15) is 0 Å². The molecular weight excluding hydrogens is 501 g/mol. The summed E-state index contributed by atoms with van der Waals surface area (Å²) in [5.74, 6) is 0.441. The molecule has 0 aliphatic carbocycles. The summed E-state index contributed by atoms with van der Waals surface area (Å²) in [4.78, 5) is 34.4. The van der Waals surface area contributed by atoms with Crippen LogP contribution in [0, 0.1) is 5.92 Å². The van der Waals surface area contributed by atoms with Crippen LogP contribution in [0.25, 0.3) is 11.4 Å². The normalized spacial score (nSPS) is 16.1. The van der Waals surface area contributed by atoms with Crippen LogP contribution >= 0.6 is 23.2 Å². The van der Waals surface area contributed by atoms with E-state index in [4.69, 9.17) is 27.7 Å². The van der Waals surface area contributed by atoms with Crippen molar-refractivity contribution in [3.63, 3.8) is 0 Å². The van der Waals surface area contributed by atoms with Gasteiger partial charge in [-0.2, -0.15) is 4.98 Å². The Morgan fingerprint density at radius 3 is 2.69 bits per heavy atom. The Balaban J connectivity index is 1.40. The minimum absolute atomic E-state index is 0.0887. The Morgan fingerprint density at radius 2 is 1.94 bits per heavy atom. The van der Waals surface area contributed by atoms with Crippen molar-refractivity contribution in [3.05, 3.63) is 64.0 Å². The van der Waals surface area contributed by atoms with Crippen molar-refractivity contribution in [2.75, 3.05) is 31.5 Å². The molecule has 2 amide bonds. The van der Waals surface area contributed by atoms with E-state index in [0.29, 0.717) is 64.8 Å². The van der Waals surface area contributed by atoms with Gasteiger partial charge < -0.3 is 14.7 Å². The van der Waals surface area contributed by atoms with Gasteiger partial charge in [0.25, 0.3) is 5.91 Å². The minimum Gasteiger partial charge on any atom is -0.339 e. The lowest BCUT2D eigenvalue weighted by Gasteiger charge is -2.31. The SMILES string of the molecule is CCN(CC)C(=O)c1ccccc1NC(=O)C1CCCN(Cc2nc(-c3ccc(Cl)cc3Cl)no2)C1. The Hall–Kier alpha value is -2.94. The molecule has 0 bridgehead atoms. The van der Waals surface area contributed by atoms with Crippen LogP contribution in [0.15, 0.2) is 47.0 Å². The maximum Gasteiger partial charge on any atom is 0.255 e. The Bertz CT molecular complexity index is 1230. The average Bonchev–Trinajstić information content (AvgIpc) is 3.33. The van der Waals surface area contributed by atoms with Gasteiger partial charge in [0.2, 0.25) is 17.6 Å². The molecule has 3 aromatic rings. The second kappa shape index (κ2) is 11.9. The lowest BCUT2D eigenvalue weighted by atomic mass is 9.96. The molecule has 8 nitrogen and oxygen atoms in total. The molecule has 1 aliphatic heterocycles. The smallest absolute Gasteiger partial charge is 0.255 e. The zero-order valence-electron chi connectivity index (χ0n) is 20.3. The van der Waals surface area contributed by atoms with Gasteiger partial charge in [0.15, 0.2) is 0 Å². The molecule has 1 N–H and O–H groups in total. The summed E-state index contributed by atoms with van der Waals surface area (Å²) in [5.41, 5.74) is 1.68. The molecular formula is C26H29Cl2N5O3. The lowest BCUT2D eigenvalue weighted by Crippen LogP contribution is -2.40. The standard InChI is InChI=1S/C26H29Cl2N5O3/c1-3-33(4-2)26(35)20-9-5-6-10-22(20)29-25(34)17-8-7-13-32(15-17)16-23-30-24(31-36-23)19-12-11-18(27)14-21(19)28/h5-6,9-12,14,17H,3-4,7-8,13,15-16H2,1-2H3,(H,29,34). The van der Waals surface area contributed by atoms with Crippen LogP contribution in [0.3, 0.4) is 0 Å². The number of nitrogens with zero attached hydrogens (tertiary/aromatic N) is 4. The largest absolute Gasteiger partial charge is 0.339 e. The number of hydrogen-bond donors (Lipinski definition) is 1. The van der Waals surface area contributed by atoms with Gasteiger partial charge in [0, 0.05) is 30.2 Å². The maximum absolute atomic E-state index is 13.2. The fourth-order valence-electron chi connectivity index (χ4n) is 4.40.